The van der Waals surface area contributed by atoms with Gasteiger partial charge in [0.2, 0.25) is 0 Å². The second kappa shape index (κ2) is 7.49. The first-order valence-electron chi connectivity index (χ1n) is 8.33. The SMILES string of the molecule is CCCNCC(CCC)N1CCC2CCCCC21. The molecule has 18 heavy (non-hydrogen) atoms. The predicted molar refractivity (Wildman–Crippen MR) is 78.9 cm³/mol. The molecule has 1 heterocycles. The van der Waals surface area contributed by atoms with Crippen LogP contribution in [0.15, 0.2) is 0 Å². The molecular formula is C16H32N2. The van der Waals surface area contributed by atoms with Gasteiger partial charge in [0, 0.05) is 18.6 Å². The minimum Gasteiger partial charge on any atom is -0.315 e. The first-order chi connectivity index (χ1) is 8.86. The summed E-state index contributed by atoms with van der Waals surface area (Å²) in [4.78, 5) is 2.87. The molecule has 106 valence electrons. The Balaban J connectivity index is 1.88. The first-order valence-corrected chi connectivity index (χ1v) is 8.33. The quantitative estimate of drug-likeness (QED) is 0.698. The number of hydrogen-bond acceptors (Lipinski definition) is 2. The summed E-state index contributed by atoms with van der Waals surface area (Å²) < 4.78 is 0. The van der Waals surface area contributed by atoms with Gasteiger partial charge < -0.3 is 5.32 Å². The van der Waals surface area contributed by atoms with Gasteiger partial charge in [-0.1, -0.05) is 33.1 Å². The van der Waals surface area contributed by atoms with Crippen LogP contribution in [0.2, 0.25) is 0 Å². The van der Waals surface area contributed by atoms with Crippen molar-refractivity contribution in [2.24, 2.45) is 5.92 Å². The van der Waals surface area contributed by atoms with Gasteiger partial charge >= 0.3 is 0 Å². The molecule has 1 saturated heterocycles. The molecule has 1 aliphatic heterocycles. The standard InChI is InChI=1S/C16H32N2/c1-3-7-15(13-17-11-4-2)18-12-10-14-8-5-6-9-16(14)18/h14-17H,3-13H2,1-2H3. The Morgan fingerprint density at radius 2 is 1.94 bits per heavy atom. The van der Waals surface area contributed by atoms with Crippen LogP contribution in [-0.4, -0.2) is 36.6 Å². The second-order valence-electron chi connectivity index (χ2n) is 6.29. The van der Waals surface area contributed by atoms with Gasteiger partial charge in [0.25, 0.3) is 0 Å². The van der Waals surface area contributed by atoms with Crippen LogP contribution in [-0.2, 0) is 0 Å². The molecule has 2 nitrogen and oxygen atoms in total. The molecule has 0 radical (unpaired) electrons. The maximum Gasteiger partial charge on any atom is 0.0223 e. The molecule has 1 N–H and O–H groups in total. The van der Waals surface area contributed by atoms with Crippen molar-refractivity contribution in [1.29, 1.82) is 0 Å². The summed E-state index contributed by atoms with van der Waals surface area (Å²) in [5.41, 5.74) is 0. The van der Waals surface area contributed by atoms with Crippen LogP contribution in [0, 0.1) is 5.92 Å². The molecule has 2 aliphatic rings. The van der Waals surface area contributed by atoms with Crippen LogP contribution >= 0.6 is 0 Å². The third-order valence-corrected chi connectivity index (χ3v) is 4.95. The number of nitrogens with one attached hydrogen (secondary N) is 1. The van der Waals surface area contributed by atoms with Gasteiger partial charge in [0.05, 0.1) is 0 Å². The summed E-state index contributed by atoms with van der Waals surface area (Å²) in [5, 5.41) is 3.65. The minimum absolute atomic E-state index is 0.801. The lowest BCUT2D eigenvalue weighted by molar-refractivity contribution is 0.124. The van der Waals surface area contributed by atoms with Crippen molar-refractivity contribution in [3.05, 3.63) is 0 Å². The topological polar surface area (TPSA) is 15.3 Å². The zero-order valence-electron chi connectivity index (χ0n) is 12.5. The van der Waals surface area contributed by atoms with Gasteiger partial charge in [-0.3, -0.25) is 4.90 Å². The molecule has 0 amide bonds. The van der Waals surface area contributed by atoms with Gasteiger partial charge in [-0.2, -0.15) is 0 Å². The van der Waals surface area contributed by atoms with E-state index < -0.39 is 0 Å². The summed E-state index contributed by atoms with van der Waals surface area (Å²) in [6.45, 7) is 8.36. The molecule has 0 aromatic heterocycles. The molecule has 2 heteroatoms. The summed E-state index contributed by atoms with van der Waals surface area (Å²) in [6.07, 6.45) is 11.4. The van der Waals surface area contributed by atoms with Gasteiger partial charge in [-0.15, -0.1) is 0 Å². The van der Waals surface area contributed by atoms with Gasteiger partial charge in [0.1, 0.15) is 0 Å². The van der Waals surface area contributed by atoms with Crippen LogP contribution in [0.4, 0.5) is 0 Å². The molecule has 1 saturated carbocycles. The van der Waals surface area contributed by atoms with Gasteiger partial charge in [-0.05, 0) is 51.1 Å². The third kappa shape index (κ3) is 3.48. The van der Waals surface area contributed by atoms with Crippen molar-refractivity contribution in [1.82, 2.24) is 10.2 Å². The van der Waals surface area contributed by atoms with Crippen molar-refractivity contribution >= 4 is 0 Å². The summed E-state index contributed by atoms with van der Waals surface area (Å²) in [6, 6.07) is 1.73. The van der Waals surface area contributed by atoms with E-state index in [0.717, 1.165) is 18.0 Å². The zero-order valence-corrected chi connectivity index (χ0v) is 12.5. The maximum atomic E-state index is 3.65. The van der Waals surface area contributed by atoms with E-state index >= 15 is 0 Å². The highest BCUT2D eigenvalue weighted by molar-refractivity contribution is 4.93. The maximum absolute atomic E-state index is 3.65. The van der Waals surface area contributed by atoms with Gasteiger partial charge in [-0.25, -0.2) is 0 Å². The van der Waals surface area contributed by atoms with Crippen LogP contribution < -0.4 is 5.32 Å². The molecule has 0 aromatic carbocycles. The summed E-state index contributed by atoms with van der Waals surface area (Å²) in [5.74, 6) is 1.03. The van der Waals surface area contributed by atoms with E-state index in [0.29, 0.717) is 0 Å². The average Bonchev–Trinajstić information content (AvgIpc) is 2.82. The molecule has 3 unspecified atom stereocenters. The zero-order chi connectivity index (χ0) is 12.8. The highest BCUT2D eigenvalue weighted by Crippen LogP contribution is 2.37. The Kier molecular flexibility index (Phi) is 5.97. The van der Waals surface area contributed by atoms with E-state index in [4.69, 9.17) is 0 Å². The fourth-order valence-corrected chi connectivity index (χ4v) is 4.06. The largest absolute Gasteiger partial charge is 0.315 e. The Hall–Kier alpha value is -0.0800. The number of hydrogen-bond donors (Lipinski definition) is 1. The Morgan fingerprint density at radius 3 is 2.72 bits per heavy atom. The second-order valence-corrected chi connectivity index (χ2v) is 6.29. The van der Waals surface area contributed by atoms with Crippen molar-refractivity contribution in [2.75, 3.05) is 19.6 Å². The van der Waals surface area contributed by atoms with Gasteiger partial charge in [0.15, 0.2) is 0 Å². The highest BCUT2D eigenvalue weighted by Gasteiger charge is 2.38. The Morgan fingerprint density at radius 1 is 1.11 bits per heavy atom. The van der Waals surface area contributed by atoms with Crippen LogP contribution in [0.3, 0.4) is 0 Å². The lowest BCUT2D eigenvalue weighted by Gasteiger charge is -2.37. The van der Waals surface area contributed by atoms with Crippen LogP contribution in [0.25, 0.3) is 0 Å². The van der Waals surface area contributed by atoms with E-state index in [2.05, 4.69) is 24.1 Å². The number of fused-ring (bicyclic) bond motifs is 1. The molecular weight excluding hydrogens is 220 g/mol. The summed E-state index contributed by atoms with van der Waals surface area (Å²) in [7, 11) is 0. The van der Waals surface area contributed by atoms with Crippen molar-refractivity contribution in [2.45, 2.75) is 77.3 Å². The molecule has 2 fully saturated rings. The Bertz CT molecular complexity index is 229. The molecule has 3 atom stereocenters. The predicted octanol–water partition coefficient (Wildman–Crippen LogP) is 3.42. The molecule has 2 rings (SSSR count). The van der Waals surface area contributed by atoms with Crippen LogP contribution in [0.1, 0.15) is 65.2 Å². The third-order valence-electron chi connectivity index (χ3n) is 4.95. The molecule has 0 aromatic rings. The lowest BCUT2D eigenvalue weighted by Crippen LogP contribution is -2.46. The molecule has 0 bridgehead atoms. The average molecular weight is 252 g/mol. The minimum atomic E-state index is 0.801. The monoisotopic (exact) mass is 252 g/mol. The number of rotatable bonds is 7. The first kappa shape index (κ1) is 14.3. The van der Waals surface area contributed by atoms with E-state index in [9.17, 15) is 0 Å². The fourth-order valence-electron chi connectivity index (χ4n) is 4.06. The van der Waals surface area contributed by atoms with E-state index in [1.165, 1.54) is 71.0 Å². The molecule has 1 aliphatic carbocycles. The normalized spacial score (nSPS) is 30.3. The van der Waals surface area contributed by atoms with E-state index in [1.807, 2.05) is 0 Å². The van der Waals surface area contributed by atoms with Crippen LogP contribution in [0.5, 0.6) is 0 Å². The van der Waals surface area contributed by atoms with Crippen molar-refractivity contribution in [3.8, 4) is 0 Å². The number of likely N-dealkylation sites (tertiary alicyclic amines) is 1. The highest BCUT2D eigenvalue weighted by atomic mass is 15.2. The Labute approximate surface area is 114 Å². The fraction of sp³-hybridized carbons (Fsp3) is 1.00. The lowest BCUT2D eigenvalue weighted by atomic mass is 9.85. The van der Waals surface area contributed by atoms with Crippen molar-refractivity contribution < 1.29 is 0 Å². The van der Waals surface area contributed by atoms with E-state index in [-0.39, 0.29) is 0 Å². The van der Waals surface area contributed by atoms with E-state index in [1.54, 1.807) is 0 Å². The smallest absolute Gasteiger partial charge is 0.0223 e. The number of nitrogens with zero attached hydrogens (tertiary/aromatic N) is 1. The molecule has 0 spiro atoms. The van der Waals surface area contributed by atoms with Crippen molar-refractivity contribution in [3.63, 3.8) is 0 Å². The summed E-state index contributed by atoms with van der Waals surface area (Å²) >= 11 is 0.